The molecule has 86 valence electrons. The van der Waals surface area contributed by atoms with Crippen LogP contribution in [-0.4, -0.2) is 12.6 Å². The molecule has 0 aliphatic carbocycles. The quantitative estimate of drug-likeness (QED) is 0.541. The number of rotatable bonds is 3. The van der Waals surface area contributed by atoms with Gasteiger partial charge in [0.05, 0.1) is 0 Å². The van der Waals surface area contributed by atoms with E-state index in [2.05, 4.69) is 36.3 Å². The summed E-state index contributed by atoms with van der Waals surface area (Å²) in [6, 6.07) is 8.05. The van der Waals surface area contributed by atoms with Crippen LogP contribution in [0.2, 0.25) is 0 Å². The van der Waals surface area contributed by atoms with Crippen molar-refractivity contribution in [3.8, 4) is 0 Å². The van der Waals surface area contributed by atoms with Crippen molar-refractivity contribution >= 4 is 12.6 Å². The van der Waals surface area contributed by atoms with Gasteiger partial charge in [-0.3, -0.25) is 0 Å². The Bertz CT molecular complexity index is 365. The highest BCUT2D eigenvalue weighted by molar-refractivity contribution is 6.02. The van der Waals surface area contributed by atoms with E-state index in [1.807, 2.05) is 32.0 Å². The molecular weight excluding hydrogens is 196 g/mol. The zero-order chi connectivity index (χ0) is 12.4. The summed E-state index contributed by atoms with van der Waals surface area (Å²) in [5.74, 6) is 0.637. The number of hydrogen-bond donors (Lipinski definition) is 0. The van der Waals surface area contributed by atoms with E-state index in [0.29, 0.717) is 5.84 Å². The first kappa shape index (κ1) is 14.3. The van der Waals surface area contributed by atoms with Crippen LogP contribution < -0.4 is 0 Å². The van der Waals surface area contributed by atoms with Crippen LogP contribution in [-0.2, 0) is 6.42 Å². The van der Waals surface area contributed by atoms with E-state index < -0.39 is 0 Å². The highest BCUT2D eigenvalue weighted by Gasteiger charge is 2.04. The summed E-state index contributed by atoms with van der Waals surface area (Å²) in [7, 11) is 0. The third-order valence-electron chi connectivity index (χ3n) is 2.00. The fourth-order valence-corrected chi connectivity index (χ4v) is 1.33. The predicted molar refractivity (Wildman–Crippen MR) is 73.5 cm³/mol. The maximum atomic E-state index is 4.07. The lowest BCUT2D eigenvalue weighted by atomic mass is 10.0. The summed E-state index contributed by atoms with van der Waals surface area (Å²) in [4.78, 5) is 7.96. The van der Waals surface area contributed by atoms with Crippen LogP contribution in [0.15, 0.2) is 47.0 Å². The Morgan fingerprint density at radius 2 is 1.94 bits per heavy atom. The molecule has 0 saturated heterocycles. The SMILES string of the molecule is C=CN=C(N=C)c1ccccc1CC.CC. The van der Waals surface area contributed by atoms with Gasteiger partial charge in [0.1, 0.15) is 0 Å². The van der Waals surface area contributed by atoms with Crippen LogP contribution in [0.5, 0.6) is 0 Å². The van der Waals surface area contributed by atoms with Crippen LogP contribution in [0.25, 0.3) is 0 Å². The Hall–Kier alpha value is -1.70. The molecule has 0 atom stereocenters. The lowest BCUT2D eigenvalue weighted by molar-refractivity contribution is 1.13. The second-order valence-corrected chi connectivity index (χ2v) is 2.80. The number of aliphatic imine (C=N–C) groups is 2. The van der Waals surface area contributed by atoms with Crippen molar-refractivity contribution in [3.05, 3.63) is 48.2 Å². The Labute approximate surface area is 98.5 Å². The molecule has 1 aromatic rings. The standard InChI is InChI=1S/C12H14N2.C2H6/c1-4-10-8-6-7-9-11(10)12(13-3)14-5-2;1-2/h5-9H,2-4H2,1H3;1-2H3. The first-order valence-corrected chi connectivity index (χ1v) is 5.57. The second-order valence-electron chi connectivity index (χ2n) is 2.80. The molecule has 0 unspecified atom stereocenters. The second kappa shape index (κ2) is 8.60. The lowest BCUT2D eigenvalue weighted by Gasteiger charge is -2.05. The van der Waals surface area contributed by atoms with Gasteiger partial charge in [0.25, 0.3) is 0 Å². The Morgan fingerprint density at radius 3 is 2.44 bits per heavy atom. The molecule has 0 heterocycles. The third-order valence-corrected chi connectivity index (χ3v) is 2.00. The Kier molecular flexibility index (Phi) is 7.68. The van der Waals surface area contributed by atoms with Crippen LogP contribution in [0.1, 0.15) is 31.9 Å². The summed E-state index contributed by atoms with van der Waals surface area (Å²) in [6.07, 6.45) is 2.44. The molecule has 0 amide bonds. The molecule has 0 spiro atoms. The van der Waals surface area contributed by atoms with Crippen molar-refractivity contribution < 1.29 is 0 Å². The van der Waals surface area contributed by atoms with Gasteiger partial charge in [0, 0.05) is 11.8 Å². The number of amidine groups is 1. The third kappa shape index (κ3) is 3.81. The summed E-state index contributed by atoms with van der Waals surface area (Å²) < 4.78 is 0. The molecule has 2 nitrogen and oxygen atoms in total. The summed E-state index contributed by atoms with van der Waals surface area (Å²) in [5, 5.41) is 0. The fourth-order valence-electron chi connectivity index (χ4n) is 1.33. The normalized spacial score (nSPS) is 10.1. The largest absolute Gasteiger partial charge is 0.245 e. The molecule has 1 rings (SSSR count). The minimum atomic E-state index is 0.637. The number of nitrogens with zero attached hydrogens (tertiary/aromatic N) is 2. The van der Waals surface area contributed by atoms with Crippen molar-refractivity contribution in [2.24, 2.45) is 9.98 Å². The molecule has 16 heavy (non-hydrogen) atoms. The molecule has 0 fully saturated rings. The molecule has 0 aliphatic rings. The number of benzene rings is 1. The van der Waals surface area contributed by atoms with E-state index in [1.54, 1.807) is 0 Å². The zero-order valence-electron chi connectivity index (χ0n) is 10.4. The van der Waals surface area contributed by atoms with Gasteiger partial charge in [-0.25, -0.2) is 9.98 Å². The van der Waals surface area contributed by atoms with E-state index in [0.717, 1.165) is 12.0 Å². The first-order chi connectivity index (χ1) is 7.83. The number of aryl methyl sites for hydroxylation is 1. The van der Waals surface area contributed by atoms with Crippen LogP contribution in [0, 0.1) is 0 Å². The van der Waals surface area contributed by atoms with Gasteiger partial charge in [-0.05, 0) is 18.7 Å². The van der Waals surface area contributed by atoms with E-state index in [-0.39, 0.29) is 0 Å². The smallest absolute Gasteiger partial charge is 0.158 e. The van der Waals surface area contributed by atoms with Gasteiger partial charge in [-0.1, -0.05) is 51.6 Å². The van der Waals surface area contributed by atoms with E-state index in [1.165, 1.54) is 11.8 Å². The zero-order valence-corrected chi connectivity index (χ0v) is 10.4. The minimum Gasteiger partial charge on any atom is -0.245 e. The van der Waals surface area contributed by atoms with Crippen LogP contribution >= 0.6 is 0 Å². The van der Waals surface area contributed by atoms with Crippen molar-refractivity contribution in [1.29, 1.82) is 0 Å². The van der Waals surface area contributed by atoms with Crippen LogP contribution in [0.3, 0.4) is 0 Å². The van der Waals surface area contributed by atoms with Gasteiger partial charge in [0.15, 0.2) is 5.84 Å². The maximum absolute atomic E-state index is 4.07. The molecule has 2 heteroatoms. The van der Waals surface area contributed by atoms with Gasteiger partial charge < -0.3 is 0 Å². The molecule has 0 N–H and O–H groups in total. The maximum Gasteiger partial charge on any atom is 0.158 e. The van der Waals surface area contributed by atoms with Gasteiger partial charge in [0.2, 0.25) is 0 Å². The first-order valence-electron chi connectivity index (χ1n) is 5.57. The van der Waals surface area contributed by atoms with Gasteiger partial charge in [-0.15, -0.1) is 0 Å². The molecule has 0 radical (unpaired) electrons. The average molecular weight is 216 g/mol. The summed E-state index contributed by atoms with van der Waals surface area (Å²) in [6.45, 7) is 13.2. The molecule has 0 aromatic heterocycles. The van der Waals surface area contributed by atoms with Crippen molar-refractivity contribution in [1.82, 2.24) is 0 Å². The van der Waals surface area contributed by atoms with E-state index in [9.17, 15) is 0 Å². The highest BCUT2D eigenvalue weighted by atomic mass is 14.9. The fraction of sp³-hybridized carbons (Fsp3) is 0.286. The number of hydrogen-bond acceptors (Lipinski definition) is 1. The Balaban J connectivity index is 0.00000106. The molecule has 0 saturated carbocycles. The molecule has 0 bridgehead atoms. The van der Waals surface area contributed by atoms with Crippen LogP contribution in [0.4, 0.5) is 0 Å². The summed E-state index contributed by atoms with van der Waals surface area (Å²) in [5.41, 5.74) is 2.26. The van der Waals surface area contributed by atoms with Gasteiger partial charge >= 0.3 is 0 Å². The van der Waals surface area contributed by atoms with Crippen molar-refractivity contribution in [2.45, 2.75) is 27.2 Å². The molecule has 0 aliphatic heterocycles. The minimum absolute atomic E-state index is 0.637. The summed E-state index contributed by atoms with van der Waals surface area (Å²) >= 11 is 0. The van der Waals surface area contributed by atoms with E-state index in [4.69, 9.17) is 0 Å². The van der Waals surface area contributed by atoms with Crippen molar-refractivity contribution in [3.63, 3.8) is 0 Å². The predicted octanol–water partition coefficient (Wildman–Crippen LogP) is 3.87. The van der Waals surface area contributed by atoms with Gasteiger partial charge in [-0.2, -0.15) is 0 Å². The average Bonchev–Trinajstić information content (AvgIpc) is 2.38. The molecular formula is C14H20N2. The van der Waals surface area contributed by atoms with E-state index >= 15 is 0 Å². The molecule has 1 aromatic carbocycles. The van der Waals surface area contributed by atoms with Crippen molar-refractivity contribution in [2.75, 3.05) is 0 Å². The lowest BCUT2D eigenvalue weighted by Crippen LogP contribution is -2.00. The monoisotopic (exact) mass is 216 g/mol. The highest BCUT2D eigenvalue weighted by Crippen LogP contribution is 2.11. The topological polar surface area (TPSA) is 24.7 Å². The Morgan fingerprint density at radius 1 is 1.31 bits per heavy atom.